The zero-order valence-electron chi connectivity index (χ0n) is 49.8. The first-order valence-corrected chi connectivity index (χ1v) is 35.3. The number of carbonyl (C=O) groups excluding carboxylic acids is 1. The van der Waals surface area contributed by atoms with E-state index in [1.165, 1.54) is 38.5 Å². The fraction of sp³-hybridized carbons (Fsp3) is 0.492. The van der Waals surface area contributed by atoms with Crippen LogP contribution in [0.1, 0.15) is 96.8 Å². The van der Waals surface area contributed by atoms with Gasteiger partial charge in [-0.25, -0.2) is 4.79 Å². The molecule has 0 aliphatic rings. The van der Waals surface area contributed by atoms with Gasteiger partial charge in [0.15, 0.2) is 71.7 Å². The summed E-state index contributed by atoms with van der Waals surface area (Å²) in [6.07, 6.45) is -10.2. The molecule has 0 bridgehead atoms. The number of hydrogen-bond acceptors (Lipinski definition) is 12. The van der Waals surface area contributed by atoms with Gasteiger partial charge < -0.3 is 51.2 Å². The van der Waals surface area contributed by atoms with E-state index in [-0.39, 0.29) is 44.5 Å². The molecule has 2 unspecified atom stereocenters. The highest BCUT2D eigenvalue weighted by Crippen LogP contribution is 2.49. The van der Waals surface area contributed by atoms with Gasteiger partial charge in [0, 0.05) is 18.2 Å². The molecule has 0 spiro atoms. The summed E-state index contributed by atoms with van der Waals surface area (Å²) in [4.78, 5) is 14.8. The molecule has 79 heavy (non-hydrogen) atoms. The van der Waals surface area contributed by atoms with Gasteiger partial charge in [-0.1, -0.05) is 147 Å². The third-order valence-corrected chi connectivity index (χ3v) is 29.1. The molecular formula is C61H85F3O12Si3. The zero-order chi connectivity index (χ0) is 59.0. The summed E-state index contributed by atoms with van der Waals surface area (Å²) in [5, 5.41) is -0.862. The van der Waals surface area contributed by atoms with Crippen molar-refractivity contribution in [1.29, 1.82) is 0 Å². The molecule has 0 aliphatic heterocycles. The van der Waals surface area contributed by atoms with Gasteiger partial charge in [0.1, 0.15) is 12.7 Å². The summed E-state index contributed by atoms with van der Waals surface area (Å²) in [6.45, 7) is 31.7. The summed E-state index contributed by atoms with van der Waals surface area (Å²) in [6, 6.07) is 33.7. The van der Waals surface area contributed by atoms with E-state index in [0.29, 0.717) is 29.4 Å². The van der Waals surface area contributed by atoms with Gasteiger partial charge in [-0.15, -0.1) is 0 Å². The molecule has 12 nitrogen and oxygen atoms in total. The Morgan fingerprint density at radius 2 is 0.962 bits per heavy atom. The fourth-order valence-corrected chi connectivity index (χ4v) is 11.1. The van der Waals surface area contributed by atoms with Gasteiger partial charge in [0.25, 0.3) is 5.60 Å². The van der Waals surface area contributed by atoms with Crippen LogP contribution in [0.2, 0.25) is 54.4 Å². The molecule has 18 heteroatoms. The van der Waals surface area contributed by atoms with Crippen molar-refractivity contribution in [2.24, 2.45) is 0 Å². The van der Waals surface area contributed by atoms with E-state index < -0.39 is 72.9 Å². The molecule has 0 radical (unpaired) electrons. The third kappa shape index (κ3) is 15.4. The number of para-hydroxylation sites is 2. The number of methoxy groups -OCH3 is 4. The van der Waals surface area contributed by atoms with E-state index in [9.17, 15) is 4.79 Å². The van der Waals surface area contributed by atoms with Crippen LogP contribution in [0.5, 0.6) is 34.5 Å². The number of rotatable bonds is 25. The number of esters is 1. The average molecular weight is 1150 g/mol. The van der Waals surface area contributed by atoms with Crippen molar-refractivity contribution in [3.8, 4) is 34.5 Å². The lowest BCUT2D eigenvalue weighted by molar-refractivity contribution is -0.279. The molecule has 5 rings (SSSR count). The minimum atomic E-state index is -5.29. The van der Waals surface area contributed by atoms with Gasteiger partial charge >= 0.3 is 12.1 Å². The van der Waals surface area contributed by atoms with Crippen molar-refractivity contribution < 1.29 is 69.1 Å². The molecule has 0 aliphatic carbocycles. The second-order valence-corrected chi connectivity index (χ2v) is 38.5. The van der Waals surface area contributed by atoms with Crippen LogP contribution in [0.4, 0.5) is 13.2 Å². The number of carbonyl (C=O) groups is 1. The second-order valence-electron chi connectivity index (χ2n) is 24.2. The fourth-order valence-electron chi connectivity index (χ4n) is 7.70. The van der Waals surface area contributed by atoms with Crippen LogP contribution in [0.15, 0.2) is 121 Å². The Labute approximate surface area is 470 Å². The van der Waals surface area contributed by atoms with Crippen molar-refractivity contribution in [2.45, 2.75) is 160 Å². The molecule has 0 fully saturated rings. The van der Waals surface area contributed by atoms with E-state index in [0.717, 1.165) is 12.7 Å². The third-order valence-electron chi connectivity index (χ3n) is 15.7. The Morgan fingerprint density at radius 3 is 1.47 bits per heavy atom. The molecule has 0 heterocycles. The summed E-state index contributed by atoms with van der Waals surface area (Å²) in [5.74, 6) is 0.151. The second kappa shape index (κ2) is 25.6. The van der Waals surface area contributed by atoms with Crippen molar-refractivity contribution in [2.75, 3.05) is 35.0 Å². The SMILES string of the molecule is COc1cc(C(O[Si](C)(C)C(C)(C)C)C(Oc2ccc([C@@H](OC(=O)[C@](OC)(c3ccccc3)C(F)(F)F)[C@@H](CO[Si](C)(C)C(C)(C)C)Oc3ccccc3OC)cc2OC)O[Si](C)(C)C(C)(C)C)ccc1OCc1ccccc1. The van der Waals surface area contributed by atoms with E-state index in [2.05, 4.69) is 88.5 Å². The van der Waals surface area contributed by atoms with Crippen LogP contribution >= 0.6 is 0 Å². The maximum Gasteiger partial charge on any atom is 0.432 e. The van der Waals surface area contributed by atoms with Crippen LogP contribution < -0.4 is 28.4 Å². The largest absolute Gasteiger partial charge is 0.493 e. The Hall–Kier alpha value is -5.35. The number of alkyl halides is 3. The summed E-state index contributed by atoms with van der Waals surface area (Å²) >= 11 is 0. The lowest BCUT2D eigenvalue weighted by Crippen LogP contribution is -2.53. The van der Waals surface area contributed by atoms with Gasteiger partial charge in [-0.3, -0.25) is 0 Å². The maximum atomic E-state index is 15.7. The predicted molar refractivity (Wildman–Crippen MR) is 311 cm³/mol. The molecule has 0 saturated heterocycles. The van der Waals surface area contributed by atoms with Gasteiger partial charge in [-0.2, -0.15) is 13.2 Å². The Bertz CT molecular complexity index is 2760. The monoisotopic (exact) mass is 1150 g/mol. The molecular weight excluding hydrogens is 1070 g/mol. The molecule has 0 N–H and O–H groups in total. The normalized spacial score (nSPS) is 15.2. The van der Waals surface area contributed by atoms with Crippen LogP contribution in [0.3, 0.4) is 0 Å². The first-order chi connectivity index (χ1) is 36.7. The Morgan fingerprint density at radius 1 is 0.506 bits per heavy atom. The molecule has 0 aromatic heterocycles. The molecule has 5 atom stereocenters. The smallest absolute Gasteiger partial charge is 0.432 e. The highest BCUT2D eigenvalue weighted by atomic mass is 28.4. The number of hydrogen-bond donors (Lipinski definition) is 0. The van der Waals surface area contributed by atoms with Crippen molar-refractivity contribution >= 4 is 30.9 Å². The highest BCUT2D eigenvalue weighted by molar-refractivity contribution is 6.75. The summed E-state index contributed by atoms with van der Waals surface area (Å²) < 4.78 is 118. The zero-order valence-corrected chi connectivity index (χ0v) is 52.8. The first kappa shape index (κ1) is 64.5. The van der Waals surface area contributed by atoms with Crippen molar-refractivity contribution in [3.05, 3.63) is 144 Å². The van der Waals surface area contributed by atoms with Crippen molar-refractivity contribution in [3.63, 3.8) is 0 Å². The van der Waals surface area contributed by atoms with Crippen LogP contribution in [0, 0.1) is 0 Å². The minimum Gasteiger partial charge on any atom is -0.493 e. The van der Waals surface area contributed by atoms with Crippen LogP contribution in [-0.4, -0.2) is 84.5 Å². The quantitative estimate of drug-likeness (QED) is 0.0314. The standard InChI is InChI=1S/C61H85F3O12Si3/c1-57(2,3)77(14,15)71-41-52(72-48-33-27-26-32-46(48)66-10)53(74-56(65)60(69-13,61(62,63)64)45-30-24-21-25-31-45)43-35-37-49(51(38-43)68-12)73-55(76-79(18,19)59(7,8)9)54(75-78(16,17)58(4,5)6)44-34-36-47(50(39-44)67-11)70-40-42-28-22-20-23-29-42/h20-39,52-55H,40-41H2,1-19H3/t52-,53-,54?,55?,60-/m1/s1. The average Bonchev–Trinajstić information content (AvgIpc) is 3.46. The molecule has 5 aromatic rings. The Kier molecular flexibility index (Phi) is 20.9. The molecule has 5 aromatic carbocycles. The van der Waals surface area contributed by atoms with Crippen LogP contribution in [-0.2, 0) is 39.8 Å². The van der Waals surface area contributed by atoms with Gasteiger partial charge in [0.05, 0.1) is 27.9 Å². The number of halogens is 3. The van der Waals surface area contributed by atoms with Gasteiger partial charge in [-0.05, 0) is 102 Å². The molecule has 0 saturated carbocycles. The number of ether oxygens (including phenoxy) is 8. The maximum absolute atomic E-state index is 15.7. The lowest BCUT2D eigenvalue weighted by Gasteiger charge is -2.45. The van der Waals surface area contributed by atoms with E-state index in [1.807, 2.05) is 61.6 Å². The van der Waals surface area contributed by atoms with Crippen molar-refractivity contribution in [1.82, 2.24) is 0 Å². The number of benzene rings is 5. The summed E-state index contributed by atoms with van der Waals surface area (Å²) in [5.41, 5.74) is -2.17. The first-order valence-electron chi connectivity index (χ1n) is 26.5. The van der Waals surface area contributed by atoms with E-state index in [4.69, 9.17) is 51.2 Å². The molecule has 434 valence electrons. The minimum absolute atomic E-state index is 0.133. The van der Waals surface area contributed by atoms with Crippen LogP contribution in [0.25, 0.3) is 0 Å². The van der Waals surface area contributed by atoms with E-state index in [1.54, 1.807) is 55.6 Å². The topological polar surface area (TPSA) is 119 Å². The van der Waals surface area contributed by atoms with Gasteiger partial charge in [0.2, 0.25) is 6.29 Å². The predicted octanol–water partition coefficient (Wildman–Crippen LogP) is 15.9. The van der Waals surface area contributed by atoms with E-state index >= 15 is 13.2 Å². The lowest BCUT2D eigenvalue weighted by atomic mass is 9.92. The highest BCUT2D eigenvalue weighted by Gasteiger charge is 2.65. The molecule has 0 amide bonds. The Balaban J connectivity index is 1.75. The summed E-state index contributed by atoms with van der Waals surface area (Å²) in [7, 11) is -2.73.